The van der Waals surface area contributed by atoms with Gasteiger partial charge in [-0.3, -0.25) is 0 Å². The van der Waals surface area contributed by atoms with Gasteiger partial charge in [-0.15, -0.1) is 0 Å². The first kappa shape index (κ1) is 15.0. The Morgan fingerprint density at radius 1 is 1.22 bits per heavy atom. The molecule has 1 rings (SSSR count). The average molecular weight is 251 g/mol. The van der Waals surface area contributed by atoms with E-state index in [0.717, 1.165) is 30.7 Å². The van der Waals surface area contributed by atoms with Crippen LogP contribution in [0.15, 0.2) is 24.3 Å². The van der Waals surface area contributed by atoms with Crippen molar-refractivity contribution in [1.29, 1.82) is 0 Å². The van der Waals surface area contributed by atoms with Gasteiger partial charge < -0.3 is 15.2 Å². The number of ether oxygens (including phenoxy) is 1. The predicted octanol–water partition coefficient (Wildman–Crippen LogP) is 2.72. The summed E-state index contributed by atoms with van der Waals surface area (Å²) in [6.45, 7) is 7.16. The number of nitrogens with one attached hydrogen (secondary N) is 1. The third-order valence-corrected chi connectivity index (χ3v) is 3.17. The van der Waals surface area contributed by atoms with Crippen molar-refractivity contribution in [3.05, 3.63) is 29.8 Å². The quantitative estimate of drug-likeness (QED) is 0.746. The second-order valence-electron chi connectivity index (χ2n) is 4.61. The molecule has 0 aliphatic rings. The minimum absolute atomic E-state index is 0.154. The molecule has 1 aromatic rings. The fourth-order valence-electron chi connectivity index (χ4n) is 1.66. The Hall–Kier alpha value is -1.06. The molecule has 2 atom stereocenters. The third kappa shape index (κ3) is 4.67. The Kier molecular flexibility index (Phi) is 6.76. The second-order valence-corrected chi connectivity index (χ2v) is 4.61. The molecule has 18 heavy (non-hydrogen) atoms. The van der Waals surface area contributed by atoms with Crippen molar-refractivity contribution in [2.24, 2.45) is 0 Å². The van der Waals surface area contributed by atoms with E-state index in [0.29, 0.717) is 0 Å². The monoisotopic (exact) mass is 251 g/mol. The molecule has 1 aromatic carbocycles. The van der Waals surface area contributed by atoms with Crippen molar-refractivity contribution in [3.8, 4) is 5.75 Å². The highest BCUT2D eigenvalue weighted by Gasteiger charge is 2.08. The van der Waals surface area contributed by atoms with Crippen LogP contribution in [0.1, 0.15) is 39.2 Å². The number of hydrogen-bond acceptors (Lipinski definition) is 3. The molecule has 0 aromatic heterocycles. The molecule has 102 valence electrons. The van der Waals surface area contributed by atoms with Crippen molar-refractivity contribution in [3.63, 3.8) is 0 Å². The molecule has 0 aliphatic heterocycles. The maximum absolute atomic E-state index is 9.16. The molecule has 3 heteroatoms. The third-order valence-electron chi connectivity index (χ3n) is 3.17. The molecule has 2 N–H and O–H groups in total. The van der Waals surface area contributed by atoms with Crippen LogP contribution in [0, 0.1) is 0 Å². The number of benzene rings is 1. The Morgan fingerprint density at radius 3 is 2.56 bits per heavy atom. The number of hydrogen-bond donors (Lipinski definition) is 2. The summed E-state index contributed by atoms with van der Waals surface area (Å²) >= 11 is 0. The van der Waals surface area contributed by atoms with Crippen molar-refractivity contribution in [1.82, 2.24) is 5.32 Å². The van der Waals surface area contributed by atoms with E-state index in [1.54, 1.807) is 0 Å². The Morgan fingerprint density at radius 2 is 1.94 bits per heavy atom. The van der Waals surface area contributed by atoms with Crippen molar-refractivity contribution in [2.75, 3.05) is 6.61 Å². The summed E-state index contributed by atoms with van der Waals surface area (Å²) in [5.41, 5.74) is 1.14. The SMILES string of the molecule is CCC(CO)NCc1ccccc1OC(C)CC. The van der Waals surface area contributed by atoms with E-state index in [2.05, 4.69) is 32.2 Å². The van der Waals surface area contributed by atoms with E-state index in [9.17, 15) is 0 Å². The normalized spacial score (nSPS) is 14.2. The molecule has 0 aliphatic carbocycles. The van der Waals surface area contributed by atoms with Crippen LogP contribution in [0.2, 0.25) is 0 Å². The lowest BCUT2D eigenvalue weighted by Gasteiger charge is -2.18. The summed E-state index contributed by atoms with van der Waals surface area (Å²) < 4.78 is 5.89. The van der Waals surface area contributed by atoms with E-state index in [-0.39, 0.29) is 18.8 Å². The van der Waals surface area contributed by atoms with Crippen LogP contribution in [-0.4, -0.2) is 23.9 Å². The van der Waals surface area contributed by atoms with E-state index in [1.807, 2.05) is 18.2 Å². The van der Waals surface area contributed by atoms with Gasteiger partial charge in [0.05, 0.1) is 12.7 Å². The molecule has 0 fully saturated rings. The standard InChI is InChI=1S/C15H25NO2/c1-4-12(3)18-15-9-7-6-8-13(15)10-16-14(5-2)11-17/h6-9,12,14,16-17H,4-5,10-11H2,1-3H3. The highest BCUT2D eigenvalue weighted by Crippen LogP contribution is 2.20. The number of para-hydroxylation sites is 1. The van der Waals surface area contributed by atoms with Crippen molar-refractivity contribution >= 4 is 0 Å². The van der Waals surface area contributed by atoms with Crippen LogP contribution in [-0.2, 0) is 6.54 Å². The van der Waals surface area contributed by atoms with E-state index >= 15 is 0 Å². The first-order valence-corrected chi connectivity index (χ1v) is 6.80. The van der Waals surface area contributed by atoms with Crippen LogP contribution < -0.4 is 10.1 Å². The highest BCUT2D eigenvalue weighted by molar-refractivity contribution is 5.33. The molecule has 0 radical (unpaired) electrons. The fourth-order valence-corrected chi connectivity index (χ4v) is 1.66. The molecular formula is C15H25NO2. The van der Waals surface area contributed by atoms with Crippen LogP contribution in [0.5, 0.6) is 5.75 Å². The second kappa shape index (κ2) is 8.11. The van der Waals surface area contributed by atoms with Crippen LogP contribution in [0.25, 0.3) is 0 Å². The summed E-state index contributed by atoms with van der Waals surface area (Å²) in [5, 5.41) is 12.5. The van der Waals surface area contributed by atoms with Crippen LogP contribution >= 0.6 is 0 Å². The minimum Gasteiger partial charge on any atom is -0.490 e. The Labute approximate surface area is 110 Å². The highest BCUT2D eigenvalue weighted by atomic mass is 16.5. The largest absolute Gasteiger partial charge is 0.490 e. The molecule has 0 bridgehead atoms. The molecule has 0 spiro atoms. The van der Waals surface area contributed by atoms with Gasteiger partial charge in [-0.25, -0.2) is 0 Å². The average Bonchev–Trinajstić information content (AvgIpc) is 2.41. The number of aliphatic hydroxyl groups excluding tert-OH is 1. The van der Waals surface area contributed by atoms with Crippen LogP contribution in [0.3, 0.4) is 0 Å². The Bertz CT molecular complexity index is 337. The van der Waals surface area contributed by atoms with Gasteiger partial charge in [-0.1, -0.05) is 32.0 Å². The summed E-state index contributed by atoms with van der Waals surface area (Å²) in [6.07, 6.45) is 2.15. The summed E-state index contributed by atoms with van der Waals surface area (Å²) in [6, 6.07) is 8.23. The van der Waals surface area contributed by atoms with Gasteiger partial charge in [0.1, 0.15) is 5.75 Å². The van der Waals surface area contributed by atoms with Gasteiger partial charge in [0, 0.05) is 18.2 Å². The first-order chi connectivity index (χ1) is 8.71. The van der Waals surface area contributed by atoms with Gasteiger partial charge in [0.2, 0.25) is 0 Å². The zero-order valence-corrected chi connectivity index (χ0v) is 11.6. The topological polar surface area (TPSA) is 41.5 Å². The molecule has 0 amide bonds. The zero-order chi connectivity index (χ0) is 13.4. The smallest absolute Gasteiger partial charge is 0.124 e. The van der Waals surface area contributed by atoms with Gasteiger partial charge in [0.25, 0.3) is 0 Å². The van der Waals surface area contributed by atoms with Gasteiger partial charge in [0.15, 0.2) is 0 Å². The molecule has 3 nitrogen and oxygen atoms in total. The predicted molar refractivity (Wildman–Crippen MR) is 74.8 cm³/mol. The molecule has 0 saturated heterocycles. The fraction of sp³-hybridized carbons (Fsp3) is 0.600. The molecule has 2 unspecified atom stereocenters. The van der Waals surface area contributed by atoms with Crippen LogP contribution in [0.4, 0.5) is 0 Å². The summed E-state index contributed by atoms with van der Waals surface area (Å²) in [5.74, 6) is 0.937. The van der Waals surface area contributed by atoms with E-state index in [4.69, 9.17) is 9.84 Å². The van der Waals surface area contributed by atoms with Gasteiger partial charge in [-0.2, -0.15) is 0 Å². The summed E-state index contributed by atoms with van der Waals surface area (Å²) in [4.78, 5) is 0. The first-order valence-electron chi connectivity index (χ1n) is 6.80. The molecular weight excluding hydrogens is 226 g/mol. The lowest BCUT2D eigenvalue weighted by molar-refractivity contribution is 0.212. The molecule has 0 heterocycles. The number of aliphatic hydroxyl groups is 1. The maximum Gasteiger partial charge on any atom is 0.124 e. The Balaban J connectivity index is 2.64. The van der Waals surface area contributed by atoms with Gasteiger partial charge >= 0.3 is 0 Å². The lowest BCUT2D eigenvalue weighted by atomic mass is 10.1. The summed E-state index contributed by atoms with van der Waals surface area (Å²) in [7, 11) is 0. The molecule has 0 saturated carbocycles. The number of rotatable bonds is 8. The maximum atomic E-state index is 9.16. The van der Waals surface area contributed by atoms with E-state index < -0.39 is 0 Å². The van der Waals surface area contributed by atoms with Crippen molar-refractivity contribution in [2.45, 2.75) is 52.3 Å². The van der Waals surface area contributed by atoms with E-state index in [1.165, 1.54) is 0 Å². The lowest BCUT2D eigenvalue weighted by Crippen LogP contribution is -2.31. The van der Waals surface area contributed by atoms with Crippen molar-refractivity contribution < 1.29 is 9.84 Å². The zero-order valence-electron chi connectivity index (χ0n) is 11.6. The van der Waals surface area contributed by atoms with Gasteiger partial charge in [-0.05, 0) is 25.8 Å². The minimum atomic E-state index is 0.154.